The minimum Gasteiger partial charge on any atom is -0.454 e. The molecule has 3 aromatic carbocycles. The second kappa shape index (κ2) is 7.38. The first-order valence-electron chi connectivity index (χ1n) is 10.6. The maximum Gasteiger partial charge on any atom is 0.231 e. The number of fused-ring (bicyclic) bond motifs is 1. The van der Waals surface area contributed by atoms with Gasteiger partial charge in [-0.25, -0.2) is 0 Å². The summed E-state index contributed by atoms with van der Waals surface area (Å²) in [4.78, 5) is 24.8. The second-order valence-corrected chi connectivity index (χ2v) is 8.53. The molecule has 0 bridgehead atoms. The monoisotopic (exact) mass is 412 g/mol. The Kier molecular flexibility index (Phi) is 4.66. The fourth-order valence-electron chi connectivity index (χ4n) is 4.45. The van der Waals surface area contributed by atoms with Crippen molar-refractivity contribution in [3.63, 3.8) is 0 Å². The van der Waals surface area contributed by atoms with Crippen LogP contribution in [0.1, 0.15) is 46.8 Å². The summed E-state index contributed by atoms with van der Waals surface area (Å²) in [6.45, 7) is 3.87. The van der Waals surface area contributed by atoms with Gasteiger partial charge in [0, 0.05) is 12.0 Å². The van der Waals surface area contributed by atoms with Gasteiger partial charge in [0.15, 0.2) is 17.3 Å². The van der Waals surface area contributed by atoms with Crippen LogP contribution in [0, 0.1) is 6.92 Å². The summed E-state index contributed by atoms with van der Waals surface area (Å²) in [5.74, 6) is 1.79. The third-order valence-corrected chi connectivity index (χ3v) is 6.47. The Bertz CT molecular complexity index is 1190. The normalized spacial score (nSPS) is 15.5. The molecule has 1 aliphatic carbocycles. The van der Waals surface area contributed by atoms with E-state index in [-0.39, 0.29) is 18.4 Å². The highest BCUT2D eigenvalue weighted by Crippen LogP contribution is 2.51. The van der Waals surface area contributed by atoms with Crippen molar-refractivity contribution in [3.8, 4) is 22.6 Å². The fourth-order valence-corrected chi connectivity index (χ4v) is 4.45. The van der Waals surface area contributed by atoms with E-state index in [2.05, 4.69) is 19.1 Å². The summed E-state index contributed by atoms with van der Waals surface area (Å²) >= 11 is 0. The van der Waals surface area contributed by atoms with Crippen LogP contribution in [0.5, 0.6) is 11.5 Å². The molecule has 1 heterocycles. The molecule has 1 fully saturated rings. The lowest BCUT2D eigenvalue weighted by atomic mass is 9.87. The number of hydrogen-bond donors (Lipinski definition) is 0. The van der Waals surface area contributed by atoms with Crippen LogP contribution in [0.2, 0.25) is 0 Å². The highest BCUT2D eigenvalue weighted by molar-refractivity contribution is 5.95. The van der Waals surface area contributed by atoms with Crippen LogP contribution >= 0.6 is 0 Å². The first-order chi connectivity index (χ1) is 15.0. The van der Waals surface area contributed by atoms with E-state index in [0.29, 0.717) is 12.0 Å². The molecule has 0 aromatic heterocycles. The third kappa shape index (κ3) is 3.52. The molecule has 0 spiro atoms. The number of Topliss-reactive ketones (excluding diaryl/α,β-unsaturated/α-hetero) is 2. The highest BCUT2D eigenvalue weighted by Gasteiger charge is 2.50. The van der Waals surface area contributed by atoms with Gasteiger partial charge in [-0.05, 0) is 66.6 Å². The molecule has 1 saturated carbocycles. The van der Waals surface area contributed by atoms with E-state index in [4.69, 9.17) is 9.47 Å². The molecule has 1 aliphatic heterocycles. The molecule has 156 valence electrons. The van der Waals surface area contributed by atoms with Gasteiger partial charge >= 0.3 is 0 Å². The Hall–Kier alpha value is -3.40. The van der Waals surface area contributed by atoms with E-state index in [9.17, 15) is 9.59 Å². The molecule has 0 saturated heterocycles. The van der Waals surface area contributed by atoms with Crippen molar-refractivity contribution >= 4 is 11.6 Å². The molecular weight excluding hydrogens is 388 g/mol. The summed E-state index contributed by atoms with van der Waals surface area (Å²) in [7, 11) is 0. The summed E-state index contributed by atoms with van der Waals surface area (Å²) in [5, 5.41) is 0. The molecule has 31 heavy (non-hydrogen) atoms. The van der Waals surface area contributed by atoms with Gasteiger partial charge in [0.25, 0.3) is 0 Å². The Morgan fingerprint density at radius 2 is 1.65 bits per heavy atom. The van der Waals surface area contributed by atoms with Crippen LogP contribution in [-0.4, -0.2) is 18.4 Å². The van der Waals surface area contributed by atoms with Crippen molar-refractivity contribution in [2.24, 2.45) is 0 Å². The summed E-state index contributed by atoms with van der Waals surface area (Å²) in [6, 6.07) is 19.7. The number of hydrogen-bond acceptors (Lipinski definition) is 4. The number of carbonyl (C=O) groups excluding carboxylic acids is 2. The minimum absolute atomic E-state index is 0.0635. The molecule has 0 amide bonds. The van der Waals surface area contributed by atoms with Gasteiger partial charge in [-0.1, -0.05) is 48.5 Å². The van der Waals surface area contributed by atoms with Crippen molar-refractivity contribution in [1.82, 2.24) is 0 Å². The second-order valence-electron chi connectivity index (χ2n) is 8.53. The molecule has 0 radical (unpaired) electrons. The number of carbonyl (C=O) groups is 2. The van der Waals surface area contributed by atoms with Crippen LogP contribution in [-0.2, 0) is 16.6 Å². The topological polar surface area (TPSA) is 52.6 Å². The maximum atomic E-state index is 13.3. The summed E-state index contributed by atoms with van der Waals surface area (Å²) in [6.07, 6.45) is 2.18. The van der Waals surface area contributed by atoms with Gasteiger partial charge in [0.2, 0.25) is 6.79 Å². The standard InChI is InChI=1S/C27H24O4/c1-17-13-19(3-9-23(17)21-6-4-20(5-7-21)18(2)28)14-26(29)27(11-12-27)22-8-10-24-25(15-22)31-16-30-24/h3-10,13,15H,11-12,14,16H2,1-2H3. The lowest BCUT2D eigenvalue weighted by molar-refractivity contribution is -0.120. The van der Waals surface area contributed by atoms with Gasteiger partial charge in [-0.2, -0.15) is 0 Å². The van der Waals surface area contributed by atoms with Crippen LogP contribution in [0.3, 0.4) is 0 Å². The molecule has 0 atom stereocenters. The zero-order chi connectivity index (χ0) is 21.6. The van der Waals surface area contributed by atoms with Gasteiger partial charge in [-0.15, -0.1) is 0 Å². The van der Waals surface area contributed by atoms with Crippen molar-refractivity contribution in [2.75, 3.05) is 6.79 Å². The summed E-state index contributed by atoms with van der Waals surface area (Å²) in [5.41, 5.74) is 5.67. The molecule has 4 nitrogen and oxygen atoms in total. The van der Waals surface area contributed by atoms with E-state index in [1.807, 2.05) is 48.5 Å². The Morgan fingerprint density at radius 3 is 2.32 bits per heavy atom. The van der Waals surface area contributed by atoms with Crippen molar-refractivity contribution in [2.45, 2.75) is 38.5 Å². The average Bonchev–Trinajstić information content (AvgIpc) is 3.45. The van der Waals surface area contributed by atoms with Crippen molar-refractivity contribution in [1.29, 1.82) is 0 Å². The average molecular weight is 412 g/mol. The Labute approximate surface area is 181 Å². The van der Waals surface area contributed by atoms with Crippen molar-refractivity contribution < 1.29 is 19.1 Å². The van der Waals surface area contributed by atoms with Crippen molar-refractivity contribution in [3.05, 3.63) is 82.9 Å². The fraction of sp³-hybridized carbons (Fsp3) is 0.259. The molecular formula is C27H24O4. The summed E-state index contributed by atoms with van der Waals surface area (Å²) < 4.78 is 10.9. The van der Waals surface area contributed by atoms with Gasteiger partial charge in [0.1, 0.15) is 5.78 Å². The zero-order valence-corrected chi connectivity index (χ0v) is 17.7. The maximum absolute atomic E-state index is 13.3. The van der Waals surface area contributed by atoms with Crippen LogP contribution < -0.4 is 9.47 Å². The van der Waals surface area contributed by atoms with E-state index < -0.39 is 5.41 Å². The van der Waals surface area contributed by atoms with E-state index in [1.54, 1.807) is 6.92 Å². The molecule has 2 aliphatic rings. The highest BCUT2D eigenvalue weighted by atomic mass is 16.7. The van der Waals surface area contributed by atoms with E-state index in [1.165, 1.54) is 0 Å². The van der Waals surface area contributed by atoms with E-state index in [0.717, 1.165) is 52.2 Å². The zero-order valence-electron chi connectivity index (χ0n) is 17.7. The predicted octanol–water partition coefficient (Wildman–Crippen LogP) is 5.44. The number of rotatable bonds is 6. The van der Waals surface area contributed by atoms with Crippen LogP contribution in [0.4, 0.5) is 0 Å². The smallest absolute Gasteiger partial charge is 0.231 e. The Balaban J connectivity index is 1.35. The van der Waals surface area contributed by atoms with Crippen LogP contribution in [0.15, 0.2) is 60.7 Å². The van der Waals surface area contributed by atoms with Gasteiger partial charge in [0.05, 0.1) is 5.41 Å². The van der Waals surface area contributed by atoms with Gasteiger partial charge < -0.3 is 9.47 Å². The number of benzene rings is 3. The quantitative estimate of drug-likeness (QED) is 0.506. The third-order valence-electron chi connectivity index (χ3n) is 6.47. The van der Waals surface area contributed by atoms with Crippen LogP contribution in [0.25, 0.3) is 11.1 Å². The first kappa shape index (κ1) is 19.6. The molecule has 0 N–H and O–H groups in total. The Morgan fingerprint density at radius 1 is 0.903 bits per heavy atom. The molecule has 5 rings (SSSR count). The SMILES string of the molecule is CC(=O)c1ccc(-c2ccc(CC(=O)C3(c4ccc5c(c4)OCO5)CC3)cc2C)cc1. The number of aryl methyl sites for hydroxylation is 1. The first-order valence-corrected chi connectivity index (χ1v) is 10.6. The number of ether oxygens (including phenoxy) is 2. The van der Waals surface area contributed by atoms with E-state index >= 15 is 0 Å². The number of ketones is 2. The lowest BCUT2D eigenvalue weighted by Crippen LogP contribution is -2.22. The lowest BCUT2D eigenvalue weighted by Gasteiger charge is -2.16. The molecule has 0 unspecified atom stereocenters. The van der Waals surface area contributed by atoms with Gasteiger partial charge in [-0.3, -0.25) is 9.59 Å². The minimum atomic E-state index is -0.393. The molecule has 4 heteroatoms. The largest absolute Gasteiger partial charge is 0.454 e. The predicted molar refractivity (Wildman–Crippen MR) is 119 cm³/mol. The molecule has 3 aromatic rings.